The normalized spacial score (nSPS) is 20.2. The Hall–Kier alpha value is -0.790. The molecule has 0 bridgehead atoms. The summed E-state index contributed by atoms with van der Waals surface area (Å²) in [6.07, 6.45) is 12.2. The van der Waals surface area contributed by atoms with Gasteiger partial charge >= 0.3 is 0 Å². The molecule has 0 aliphatic heterocycles. The smallest absolute Gasteiger partial charge is 0.109 e. The van der Waals surface area contributed by atoms with Crippen molar-refractivity contribution in [3.63, 3.8) is 0 Å². The van der Waals surface area contributed by atoms with Crippen molar-refractivity contribution < 1.29 is 0 Å². The molecule has 2 nitrogen and oxygen atoms in total. The molecule has 1 aliphatic rings. The minimum absolute atomic E-state index is 0.662. The number of nitrogens with zero attached hydrogens (tertiary/aromatic N) is 1. The Bertz CT molecular complexity index is 284. The quantitative estimate of drug-likeness (QED) is 0.812. The average Bonchev–Trinajstić information content (AvgIpc) is 2.80. The van der Waals surface area contributed by atoms with Crippen molar-refractivity contribution in [2.45, 2.75) is 58.3 Å². The molecule has 1 saturated carbocycles. The van der Waals surface area contributed by atoms with E-state index in [0.717, 1.165) is 11.8 Å². The summed E-state index contributed by atoms with van der Waals surface area (Å²) >= 11 is 0. The molecule has 1 aliphatic carbocycles. The molecule has 0 aromatic carbocycles. The zero-order chi connectivity index (χ0) is 11.4. The van der Waals surface area contributed by atoms with Crippen molar-refractivity contribution >= 4 is 0 Å². The Labute approximate surface area is 98.9 Å². The summed E-state index contributed by atoms with van der Waals surface area (Å²) in [7, 11) is 0. The second-order valence-corrected chi connectivity index (χ2v) is 5.61. The summed E-state index contributed by atoms with van der Waals surface area (Å²) < 4.78 is 0. The number of hydrogen-bond acceptors (Lipinski definition) is 1. The van der Waals surface area contributed by atoms with E-state index in [1.54, 1.807) is 0 Å². The Morgan fingerprint density at radius 2 is 2.06 bits per heavy atom. The Morgan fingerprint density at radius 3 is 2.62 bits per heavy atom. The van der Waals surface area contributed by atoms with Gasteiger partial charge in [-0.2, -0.15) is 0 Å². The van der Waals surface area contributed by atoms with Crippen molar-refractivity contribution in [3.8, 4) is 0 Å². The fourth-order valence-electron chi connectivity index (χ4n) is 3.05. The second kappa shape index (κ2) is 5.51. The lowest BCUT2D eigenvalue weighted by atomic mass is 9.76. The molecule has 1 unspecified atom stereocenters. The molecule has 1 aromatic rings. The van der Waals surface area contributed by atoms with Gasteiger partial charge in [-0.1, -0.05) is 33.1 Å². The number of imidazole rings is 1. The molecule has 0 amide bonds. The average molecular weight is 220 g/mol. The van der Waals surface area contributed by atoms with Crippen molar-refractivity contribution in [2.24, 2.45) is 11.8 Å². The van der Waals surface area contributed by atoms with Crippen LogP contribution in [0.3, 0.4) is 0 Å². The zero-order valence-electron chi connectivity index (χ0n) is 10.6. The van der Waals surface area contributed by atoms with Crippen LogP contribution in [0.15, 0.2) is 12.4 Å². The van der Waals surface area contributed by atoms with Gasteiger partial charge in [0.15, 0.2) is 0 Å². The molecule has 2 rings (SSSR count). The molecule has 16 heavy (non-hydrogen) atoms. The van der Waals surface area contributed by atoms with Gasteiger partial charge in [0.05, 0.1) is 0 Å². The maximum atomic E-state index is 4.49. The van der Waals surface area contributed by atoms with Crippen molar-refractivity contribution in [2.75, 3.05) is 0 Å². The van der Waals surface area contributed by atoms with Crippen LogP contribution in [0.25, 0.3) is 0 Å². The van der Waals surface area contributed by atoms with Gasteiger partial charge in [-0.25, -0.2) is 4.98 Å². The minimum Gasteiger partial charge on any atom is -0.348 e. The number of aromatic nitrogens is 2. The second-order valence-electron chi connectivity index (χ2n) is 5.61. The van der Waals surface area contributed by atoms with Crippen LogP contribution in [-0.2, 0) is 0 Å². The van der Waals surface area contributed by atoms with E-state index in [1.165, 1.54) is 44.3 Å². The first-order valence-electron chi connectivity index (χ1n) is 6.76. The lowest BCUT2D eigenvalue weighted by Crippen LogP contribution is -2.19. The van der Waals surface area contributed by atoms with Gasteiger partial charge in [0.2, 0.25) is 0 Å². The van der Waals surface area contributed by atoms with Crippen molar-refractivity contribution in [1.82, 2.24) is 9.97 Å². The highest BCUT2D eigenvalue weighted by Crippen LogP contribution is 2.38. The summed E-state index contributed by atoms with van der Waals surface area (Å²) in [4.78, 5) is 7.82. The van der Waals surface area contributed by atoms with Crippen LogP contribution in [0, 0.1) is 11.8 Å². The third-order valence-electron chi connectivity index (χ3n) is 3.81. The molecule has 2 heteroatoms. The first-order chi connectivity index (χ1) is 7.77. The van der Waals surface area contributed by atoms with Crippen LogP contribution >= 0.6 is 0 Å². The summed E-state index contributed by atoms with van der Waals surface area (Å²) in [5.41, 5.74) is 0. The number of rotatable bonds is 4. The van der Waals surface area contributed by atoms with E-state index in [4.69, 9.17) is 0 Å². The lowest BCUT2D eigenvalue weighted by Gasteiger charge is -2.30. The molecule has 0 spiro atoms. The lowest BCUT2D eigenvalue weighted by molar-refractivity contribution is 0.270. The maximum Gasteiger partial charge on any atom is 0.109 e. The highest BCUT2D eigenvalue weighted by Gasteiger charge is 2.27. The van der Waals surface area contributed by atoms with E-state index in [9.17, 15) is 0 Å². The highest BCUT2D eigenvalue weighted by atomic mass is 14.9. The van der Waals surface area contributed by atoms with E-state index in [-0.39, 0.29) is 0 Å². The van der Waals surface area contributed by atoms with Crippen LogP contribution in [-0.4, -0.2) is 9.97 Å². The largest absolute Gasteiger partial charge is 0.348 e. The molecular formula is C14H24N2. The molecule has 1 aromatic heterocycles. The number of nitrogens with one attached hydrogen (secondary N) is 1. The standard InChI is InChI=1S/C14H24N2/c1-11(2)10-13(14-15-8-9-16-14)12-6-4-3-5-7-12/h8-9,11-13H,3-7,10H2,1-2H3,(H,15,16). The molecule has 0 radical (unpaired) electrons. The van der Waals surface area contributed by atoms with Gasteiger partial charge in [-0.05, 0) is 31.1 Å². The van der Waals surface area contributed by atoms with Crippen LogP contribution in [0.1, 0.15) is 64.1 Å². The summed E-state index contributed by atoms with van der Waals surface area (Å²) in [5.74, 6) is 3.51. The third kappa shape index (κ3) is 2.87. The van der Waals surface area contributed by atoms with E-state index in [0.29, 0.717) is 5.92 Å². The Kier molecular flexibility index (Phi) is 4.03. The highest BCUT2D eigenvalue weighted by molar-refractivity contribution is 5.00. The summed E-state index contributed by atoms with van der Waals surface area (Å²) in [6, 6.07) is 0. The van der Waals surface area contributed by atoms with Gasteiger partial charge in [-0.15, -0.1) is 0 Å². The van der Waals surface area contributed by atoms with Crippen LogP contribution < -0.4 is 0 Å². The topological polar surface area (TPSA) is 28.7 Å². The predicted octanol–water partition coefficient (Wildman–Crippen LogP) is 4.12. The molecule has 1 atom stereocenters. The molecule has 90 valence electrons. The zero-order valence-corrected chi connectivity index (χ0v) is 10.6. The van der Waals surface area contributed by atoms with Crippen molar-refractivity contribution in [1.29, 1.82) is 0 Å². The molecule has 1 heterocycles. The first kappa shape index (κ1) is 11.7. The fourth-order valence-corrected chi connectivity index (χ4v) is 3.05. The van der Waals surface area contributed by atoms with Crippen LogP contribution in [0.4, 0.5) is 0 Å². The van der Waals surface area contributed by atoms with Gasteiger partial charge in [0.1, 0.15) is 5.82 Å². The van der Waals surface area contributed by atoms with E-state index < -0.39 is 0 Å². The monoisotopic (exact) mass is 220 g/mol. The van der Waals surface area contributed by atoms with E-state index in [1.807, 2.05) is 12.4 Å². The van der Waals surface area contributed by atoms with Gasteiger partial charge in [0, 0.05) is 18.3 Å². The fraction of sp³-hybridized carbons (Fsp3) is 0.786. The number of aromatic amines is 1. The summed E-state index contributed by atoms with van der Waals surface area (Å²) in [6.45, 7) is 4.64. The Morgan fingerprint density at radius 1 is 1.31 bits per heavy atom. The van der Waals surface area contributed by atoms with E-state index in [2.05, 4.69) is 23.8 Å². The van der Waals surface area contributed by atoms with Crippen LogP contribution in [0.2, 0.25) is 0 Å². The third-order valence-corrected chi connectivity index (χ3v) is 3.81. The van der Waals surface area contributed by atoms with Gasteiger partial charge in [0.25, 0.3) is 0 Å². The van der Waals surface area contributed by atoms with E-state index >= 15 is 0 Å². The maximum absolute atomic E-state index is 4.49. The van der Waals surface area contributed by atoms with Gasteiger partial charge < -0.3 is 4.98 Å². The first-order valence-corrected chi connectivity index (χ1v) is 6.76. The molecule has 0 saturated heterocycles. The van der Waals surface area contributed by atoms with Crippen molar-refractivity contribution in [3.05, 3.63) is 18.2 Å². The minimum atomic E-state index is 0.662. The summed E-state index contributed by atoms with van der Waals surface area (Å²) in [5, 5.41) is 0. The SMILES string of the molecule is CC(C)CC(c1ncc[nH]1)C1CCCCC1. The Balaban J connectivity index is 2.07. The van der Waals surface area contributed by atoms with Crippen LogP contribution in [0.5, 0.6) is 0 Å². The number of H-pyrrole nitrogens is 1. The number of hydrogen-bond donors (Lipinski definition) is 1. The molecule has 1 fully saturated rings. The molecular weight excluding hydrogens is 196 g/mol. The molecule has 1 N–H and O–H groups in total. The van der Waals surface area contributed by atoms with Gasteiger partial charge in [-0.3, -0.25) is 0 Å². The predicted molar refractivity (Wildman–Crippen MR) is 67.4 cm³/mol.